The number of phenols is 1. The van der Waals surface area contributed by atoms with Gasteiger partial charge in [-0.05, 0) is 54.4 Å². The van der Waals surface area contributed by atoms with Gasteiger partial charge in [-0.25, -0.2) is 5.43 Å². The van der Waals surface area contributed by atoms with Crippen LogP contribution >= 0.6 is 0 Å². The predicted molar refractivity (Wildman–Crippen MR) is 91.9 cm³/mol. The minimum Gasteiger partial charge on any atom is -0.504 e. The number of amides is 1. The molecule has 0 aromatic heterocycles. The maximum Gasteiger partial charge on any atom is 0.271 e. The van der Waals surface area contributed by atoms with Gasteiger partial charge in [-0.15, -0.1) is 0 Å². The van der Waals surface area contributed by atoms with E-state index in [2.05, 4.69) is 10.5 Å². The Morgan fingerprint density at radius 2 is 2.00 bits per heavy atom. The average Bonchev–Trinajstić information content (AvgIpc) is 2.61. The molecule has 2 N–H and O–H groups in total. The second-order valence-electron chi connectivity index (χ2n) is 5.00. The molecule has 0 aliphatic carbocycles. The lowest BCUT2D eigenvalue weighted by atomic mass is 10.2. The van der Waals surface area contributed by atoms with E-state index in [-0.39, 0.29) is 11.7 Å². The van der Waals surface area contributed by atoms with Gasteiger partial charge in [0.15, 0.2) is 11.5 Å². The molecule has 0 atom stereocenters. The van der Waals surface area contributed by atoms with E-state index in [1.807, 2.05) is 6.92 Å². The van der Waals surface area contributed by atoms with E-state index in [1.165, 1.54) is 19.4 Å². The number of aromatic hydroxyl groups is 1. The van der Waals surface area contributed by atoms with Crippen LogP contribution in [0.3, 0.4) is 0 Å². The Labute approximate surface area is 140 Å². The van der Waals surface area contributed by atoms with Crippen LogP contribution in [0.15, 0.2) is 47.6 Å². The van der Waals surface area contributed by atoms with Crippen LogP contribution in [-0.4, -0.2) is 30.9 Å². The van der Waals surface area contributed by atoms with Crippen molar-refractivity contribution in [2.45, 2.75) is 13.3 Å². The standard InChI is InChI=1S/C18H20N2O4/c1-3-10-24-15-7-5-14(6-8-15)18(22)20-19-12-13-4-9-16(21)17(11-13)23-2/h4-9,11-12,21H,3,10H2,1-2H3,(H,20,22)/b19-12+. The summed E-state index contributed by atoms with van der Waals surface area (Å²) in [5.41, 5.74) is 3.62. The highest BCUT2D eigenvalue weighted by molar-refractivity contribution is 5.95. The molecule has 0 spiro atoms. The van der Waals surface area contributed by atoms with Crippen LogP contribution in [0.2, 0.25) is 0 Å². The minimum absolute atomic E-state index is 0.0454. The number of nitrogens with one attached hydrogen (secondary N) is 1. The highest BCUT2D eigenvalue weighted by Crippen LogP contribution is 2.25. The smallest absolute Gasteiger partial charge is 0.271 e. The molecule has 1 amide bonds. The Morgan fingerprint density at radius 3 is 2.67 bits per heavy atom. The molecular weight excluding hydrogens is 308 g/mol. The van der Waals surface area contributed by atoms with Crippen LogP contribution in [0.4, 0.5) is 0 Å². The van der Waals surface area contributed by atoms with Crippen LogP contribution in [0, 0.1) is 0 Å². The SMILES string of the molecule is CCCOc1ccc(C(=O)N/N=C/c2ccc(O)c(OC)c2)cc1. The van der Waals surface area contributed by atoms with E-state index in [9.17, 15) is 9.90 Å². The molecule has 6 nitrogen and oxygen atoms in total. The molecule has 6 heteroatoms. The molecule has 2 aromatic carbocycles. The summed E-state index contributed by atoms with van der Waals surface area (Å²) >= 11 is 0. The van der Waals surface area contributed by atoms with Gasteiger partial charge in [0.2, 0.25) is 0 Å². The summed E-state index contributed by atoms with van der Waals surface area (Å²) in [6, 6.07) is 11.6. The number of carbonyl (C=O) groups is 1. The second kappa shape index (κ2) is 8.57. The fourth-order valence-corrected chi connectivity index (χ4v) is 1.93. The maximum atomic E-state index is 12.0. The van der Waals surface area contributed by atoms with Crippen molar-refractivity contribution in [2.75, 3.05) is 13.7 Å². The zero-order valence-electron chi connectivity index (χ0n) is 13.7. The molecular formula is C18H20N2O4. The largest absolute Gasteiger partial charge is 0.504 e. The summed E-state index contributed by atoms with van der Waals surface area (Å²) in [7, 11) is 1.46. The normalized spacial score (nSPS) is 10.6. The minimum atomic E-state index is -0.320. The van der Waals surface area contributed by atoms with Crippen molar-refractivity contribution in [3.63, 3.8) is 0 Å². The molecule has 24 heavy (non-hydrogen) atoms. The van der Waals surface area contributed by atoms with Gasteiger partial charge >= 0.3 is 0 Å². The first-order chi connectivity index (χ1) is 11.6. The first-order valence-electron chi connectivity index (χ1n) is 7.57. The molecule has 0 radical (unpaired) electrons. The molecule has 0 unspecified atom stereocenters. The van der Waals surface area contributed by atoms with Crippen LogP contribution in [-0.2, 0) is 0 Å². The first kappa shape index (κ1) is 17.3. The van der Waals surface area contributed by atoms with E-state index in [4.69, 9.17) is 9.47 Å². The van der Waals surface area contributed by atoms with Gasteiger partial charge in [-0.2, -0.15) is 5.10 Å². The van der Waals surface area contributed by atoms with E-state index in [0.29, 0.717) is 23.5 Å². The van der Waals surface area contributed by atoms with Gasteiger partial charge in [0.05, 0.1) is 19.9 Å². The fourth-order valence-electron chi connectivity index (χ4n) is 1.93. The monoisotopic (exact) mass is 328 g/mol. The molecule has 0 saturated heterocycles. The van der Waals surface area contributed by atoms with Crippen molar-refractivity contribution in [2.24, 2.45) is 5.10 Å². The number of methoxy groups -OCH3 is 1. The third-order valence-electron chi connectivity index (χ3n) is 3.17. The van der Waals surface area contributed by atoms with Crippen molar-refractivity contribution >= 4 is 12.1 Å². The molecule has 0 heterocycles. The van der Waals surface area contributed by atoms with Gasteiger partial charge in [-0.3, -0.25) is 4.79 Å². The molecule has 126 valence electrons. The Balaban J connectivity index is 1.94. The van der Waals surface area contributed by atoms with Crippen LogP contribution in [0.5, 0.6) is 17.2 Å². The summed E-state index contributed by atoms with van der Waals surface area (Å²) in [6.45, 7) is 2.68. The Kier molecular flexibility index (Phi) is 6.19. The number of hydrogen-bond acceptors (Lipinski definition) is 5. The molecule has 2 rings (SSSR count). The third kappa shape index (κ3) is 4.74. The molecule has 0 aliphatic rings. The number of hydrogen-bond donors (Lipinski definition) is 2. The van der Waals surface area contributed by atoms with Gasteiger partial charge in [0, 0.05) is 5.56 Å². The fraction of sp³-hybridized carbons (Fsp3) is 0.222. The van der Waals surface area contributed by atoms with Gasteiger partial charge in [-0.1, -0.05) is 6.92 Å². The number of phenolic OH excluding ortho intramolecular Hbond substituents is 1. The summed E-state index contributed by atoms with van der Waals surface area (Å²) in [5.74, 6) is 0.795. The van der Waals surface area contributed by atoms with Crippen LogP contribution in [0.25, 0.3) is 0 Å². The van der Waals surface area contributed by atoms with Crippen molar-refractivity contribution in [3.8, 4) is 17.2 Å². The molecule has 0 bridgehead atoms. The van der Waals surface area contributed by atoms with E-state index in [0.717, 1.165) is 12.2 Å². The molecule has 0 fully saturated rings. The highest BCUT2D eigenvalue weighted by atomic mass is 16.5. The average molecular weight is 328 g/mol. The van der Waals surface area contributed by atoms with Gasteiger partial charge < -0.3 is 14.6 Å². The van der Waals surface area contributed by atoms with Gasteiger partial charge in [0.25, 0.3) is 5.91 Å². The number of hydrazone groups is 1. The second-order valence-corrected chi connectivity index (χ2v) is 5.00. The lowest BCUT2D eigenvalue weighted by molar-refractivity contribution is 0.0955. The number of rotatable bonds is 7. The van der Waals surface area contributed by atoms with Crippen molar-refractivity contribution in [1.82, 2.24) is 5.43 Å². The number of ether oxygens (including phenoxy) is 2. The summed E-state index contributed by atoms with van der Waals surface area (Å²) < 4.78 is 10.5. The predicted octanol–water partition coefficient (Wildman–Crippen LogP) is 2.95. The van der Waals surface area contributed by atoms with Crippen LogP contribution in [0.1, 0.15) is 29.3 Å². The third-order valence-corrected chi connectivity index (χ3v) is 3.17. The van der Waals surface area contributed by atoms with Crippen molar-refractivity contribution in [3.05, 3.63) is 53.6 Å². The van der Waals surface area contributed by atoms with Crippen molar-refractivity contribution in [1.29, 1.82) is 0 Å². The number of nitrogens with zero attached hydrogens (tertiary/aromatic N) is 1. The summed E-state index contributed by atoms with van der Waals surface area (Å²) in [5, 5.41) is 13.4. The lowest BCUT2D eigenvalue weighted by Crippen LogP contribution is -2.17. The van der Waals surface area contributed by atoms with Crippen molar-refractivity contribution < 1.29 is 19.4 Å². The molecule has 2 aromatic rings. The van der Waals surface area contributed by atoms with E-state index >= 15 is 0 Å². The highest BCUT2D eigenvalue weighted by Gasteiger charge is 2.05. The molecule has 0 aliphatic heterocycles. The van der Waals surface area contributed by atoms with Gasteiger partial charge in [0.1, 0.15) is 5.75 Å². The van der Waals surface area contributed by atoms with Crippen LogP contribution < -0.4 is 14.9 Å². The topological polar surface area (TPSA) is 80.2 Å². The van der Waals surface area contributed by atoms with E-state index in [1.54, 1.807) is 36.4 Å². The Bertz CT molecular complexity index is 711. The lowest BCUT2D eigenvalue weighted by Gasteiger charge is -2.05. The summed E-state index contributed by atoms with van der Waals surface area (Å²) in [6.07, 6.45) is 2.40. The zero-order chi connectivity index (χ0) is 17.4. The zero-order valence-corrected chi connectivity index (χ0v) is 13.7. The maximum absolute atomic E-state index is 12.0. The van der Waals surface area contributed by atoms with E-state index < -0.39 is 0 Å². The Morgan fingerprint density at radius 1 is 1.25 bits per heavy atom. The number of carbonyl (C=O) groups excluding carboxylic acids is 1. The Hall–Kier alpha value is -3.02. The molecule has 0 saturated carbocycles. The quantitative estimate of drug-likeness (QED) is 0.605. The number of benzene rings is 2. The first-order valence-corrected chi connectivity index (χ1v) is 7.57. The summed E-state index contributed by atoms with van der Waals surface area (Å²) in [4.78, 5) is 12.0.